The van der Waals surface area contributed by atoms with Gasteiger partial charge in [-0.3, -0.25) is 9.78 Å². The average Bonchev–Trinajstić information content (AvgIpc) is 2.77. The second-order valence-corrected chi connectivity index (χ2v) is 9.86. The SMILES string of the molecule is COc1ccc(C2CCC2)c2c1OCCC2C(=O)NS(=O)(=O)c1cccc2ncccc12. The number of nitrogens with one attached hydrogen (secondary N) is 1. The molecule has 3 aromatic rings. The molecule has 0 bridgehead atoms. The minimum absolute atomic E-state index is 0.0357. The Morgan fingerprint density at radius 2 is 1.97 bits per heavy atom. The highest BCUT2D eigenvalue weighted by Crippen LogP contribution is 2.49. The zero-order valence-electron chi connectivity index (χ0n) is 17.7. The van der Waals surface area contributed by atoms with Crippen LogP contribution in [0, 0.1) is 0 Å². The maximum absolute atomic E-state index is 13.4. The van der Waals surface area contributed by atoms with Gasteiger partial charge in [-0.25, -0.2) is 13.1 Å². The summed E-state index contributed by atoms with van der Waals surface area (Å²) in [6, 6.07) is 12.1. The highest BCUT2D eigenvalue weighted by atomic mass is 32.2. The predicted octanol–water partition coefficient (Wildman–Crippen LogP) is 3.88. The van der Waals surface area contributed by atoms with E-state index < -0.39 is 21.8 Å². The number of carbonyl (C=O) groups is 1. The lowest BCUT2D eigenvalue weighted by Gasteiger charge is -2.34. The van der Waals surface area contributed by atoms with Crippen molar-refractivity contribution < 1.29 is 22.7 Å². The van der Waals surface area contributed by atoms with E-state index in [0.29, 0.717) is 41.3 Å². The van der Waals surface area contributed by atoms with Crippen LogP contribution in [0.1, 0.15) is 48.6 Å². The standard InChI is InChI=1S/C24H24N2O5S/c1-30-20-11-10-16(15-5-2-6-15)22-18(12-14-31-23(20)22)24(27)26-32(28,29)21-9-3-8-19-17(21)7-4-13-25-19/h3-4,7-11,13,15,18H,2,5-6,12,14H2,1H3,(H,26,27). The van der Waals surface area contributed by atoms with Crippen LogP contribution in [-0.4, -0.2) is 33.0 Å². The largest absolute Gasteiger partial charge is 0.493 e. The van der Waals surface area contributed by atoms with Crippen molar-refractivity contribution in [1.29, 1.82) is 0 Å². The van der Waals surface area contributed by atoms with E-state index in [4.69, 9.17) is 9.47 Å². The third-order valence-corrected chi connectivity index (χ3v) is 7.81. The van der Waals surface area contributed by atoms with E-state index in [0.717, 1.165) is 30.4 Å². The molecule has 1 aliphatic carbocycles. The normalized spacial score (nSPS) is 18.3. The van der Waals surface area contributed by atoms with Gasteiger partial charge >= 0.3 is 0 Å². The Balaban J connectivity index is 1.52. The number of sulfonamides is 1. The van der Waals surface area contributed by atoms with Crippen LogP contribution in [0.25, 0.3) is 10.9 Å². The minimum atomic E-state index is -4.09. The van der Waals surface area contributed by atoms with E-state index in [9.17, 15) is 13.2 Å². The number of pyridine rings is 1. The number of amides is 1. The maximum Gasteiger partial charge on any atom is 0.264 e. The van der Waals surface area contributed by atoms with Crippen LogP contribution in [0.15, 0.2) is 53.6 Å². The fraction of sp³-hybridized carbons (Fsp3) is 0.333. The summed E-state index contributed by atoms with van der Waals surface area (Å²) in [5.74, 6) is 0.280. The summed E-state index contributed by atoms with van der Waals surface area (Å²) in [5.41, 5.74) is 2.36. The summed E-state index contributed by atoms with van der Waals surface area (Å²) < 4.78 is 40.1. The van der Waals surface area contributed by atoms with Crippen LogP contribution in [0.3, 0.4) is 0 Å². The molecule has 1 amide bonds. The monoisotopic (exact) mass is 452 g/mol. The number of methoxy groups -OCH3 is 1. The number of hydrogen-bond donors (Lipinski definition) is 1. The second-order valence-electron chi connectivity index (χ2n) is 8.21. The molecule has 1 unspecified atom stereocenters. The lowest BCUT2D eigenvalue weighted by Crippen LogP contribution is -2.37. The Hall–Kier alpha value is -3.13. The molecule has 2 aromatic carbocycles. The molecule has 8 heteroatoms. The molecule has 2 aliphatic rings. The van der Waals surface area contributed by atoms with Gasteiger partial charge in [-0.2, -0.15) is 0 Å². The van der Waals surface area contributed by atoms with Gasteiger partial charge in [-0.15, -0.1) is 0 Å². The van der Waals surface area contributed by atoms with Crippen molar-refractivity contribution in [3.05, 3.63) is 59.8 Å². The molecule has 2 heterocycles. The van der Waals surface area contributed by atoms with Crippen LogP contribution in [0.2, 0.25) is 0 Å². The van der Waals surface area contributed by atoms with E-state index in [-0.39, 0.29) is 4.90 Å². The van der Waals surface area contributed by atoms with Crippen LogP contribution in [-0.2, 0) is 14.8 Å². The fourth-order valence-corrected chi connectivity index (χ4v) is 5.83. The lowest BCUT2D eigenvalue weighted by atomic mass is 9.74. The molecule has 1 N–H and O–H groups in total. The molecular weight excluding hydrogens is 428 g/mol. The lowest BCUT2D eigenvalue weighted by molar-refractivity contribution is -0.121. The van der Waals surface area contributed by atoms with Crippen molar-refractivity contribution in [1.82, 2.24) is 9.71 Å². The smallest absolute Gasteiger partial charge is 0.264 e. The van der Waals surface area contributed by atoms with Gasteiger partial charge in [-0.1, -0.05) is 18.6 Å². The van der Waals surface area contributed by atoms with Crippen molar-refractivity contribution in [3.8, 4) is 11.5 Å². The highest BCUT2D eigenvalue weighted by Gasteiger charge is 2.37. The Kier molecular flexibility index (Phi) is 5.25. The van der Waals surface area contributed by atoms with E-state index in [1.54, 1.807) is 37.6 Å². The van der Waals surface area contributed by atoms with Gasteiger partial charge in [0.1, 0.15) is 0 Å². The quantitative estimate of drug-likeness (QED) is 0.631. The number of nitrogens with zero attached hydrogens (tertiary/aromatic N) is 1. The first-order valence-corrected chi connectivity index (χ1v) is 12.2. The van der Waals surface area contributed by atoms with E-state index in [1.165, 1.54) is 6.07 Å². The Morgan fingerprint density at radius 3 is 2.72 bits per heavy atom. The maximum atomic E-state index is 13.4. The van der Waals surface area contributed by atoms with Gasteiger partial charge < -0.3 is 9.47 Å². The van der Waals surface area contributed by atoms with Crippen molar-refractivity contribution in [2.75, 3.05) is 13.7 Å². The number of aromatic nitrogens is 1. The predicted molar refractivity (Wildman–Crippen MR) is 120 cm³/mol. The molecule has 0 radical (unpaired) electrons. The summed E-state index contributed by atoms with van der Waals surface area (Å²) in [4.78, 5) is 17.6. The van der Waals surface area contributed by atoms with Crippen LogP contribution >= 0.6 is 0 Å². The molecule has 1 atom stereocenters. The Morgan fingerprint density at radius 1 is 1.12 bits per heavy atom. The van der Waals surface area contributed by atoms with Crippen LogP contribution in [0.5, 0.6) is 11.5 Å². The topological polar surface area (TPSA) is 94.6 Å². The van der Waals surface area contributed by atoms with Crippen molar-refractivity contribution in [2.45, 2.75) is 42.4 Å². The molecule has 0 saturated heterocycles. The molecule has 7 nitrogen and oxygen atoms in total. The first-order chi connectivity index (χ1) is 15.5. The molecule has 1 saturated carbocycles. The highest BCUT2D eigenvalue weighted by molar-refractivity contribution is 7.90. The van der Waals surface area contributed by atoms with Gasteiger partial charge in [0.2, 0.25) is 5.91 Å². The molecule has 32 heavy (non-hydrogen) atoms. The average molecular weight is 453 g/mol. The fourth-order valence-electron chi connectivity index (χ4n) is 4.59. The van der Waals surface area contributed by atoms with E-state index in [1.807, 2.05) is 12.1 Å². The zero-order chi connectivity index (χ0) is 22.3. The number of carbonyl (C=O) groups excluding carboxylic acids is 1. The number of benzene rings is 2. The molecule has 5 rings (SSSR count). The first-order valence-electron chi connectivity index (χ1n) is 10.7. The third-order valence-electron chi connectivity index (χ3n) is 6.41. The van der Waals surface area contributed by atoms with Crippen molar-refractivity contribution in [3.63, 3.8) is 0 Å². The molecule has 0 spiro atoms. The van der Waals surface area contributed by atoms with Gasteiger partial charge in [-0.05, 0) is 61.1 Å². The summed E-state index contributed by atoms with van der Waals surface area (Å²) in [7, 11) is -2.53. The van der Waals surface area contributed by atoms with Crippen LogP contribution < -0.4 is 14.2 Å². The molecular formula is C24H24N2O5S. The second kappa shape index (κ2) is 8.09. The van der Waals surface area contributed by atoms with E-state index >= 15 is 0 Å². The number of fused-ring (bicyclic) bond motifs is 2. The van der Waals surface area contributed by atoms with Gasteiger partial charge in [0.25, 0.3) is 10.0 Å². The van der Waals surface area contributed by atoms with Gasteiger partial charge in [0, 0.05) is 17.1 Å². The zero-order valence-corrected chi connectivity index (χ0v) is 18.5. The number of rotatable bonds is 5. The summed E-state index contributed by atoms with van der Waals surface area (Å²) >= 11 is 0. The summed E-state index contributed by atoms with van der Waals surface area (Å²) in [6.45, 7) is 0.313. The van der Waals surface area contributed by atoms with Gasteiger partial charge in [0.15, 0.2) is 11.5 Å². The Bertz CT molecular complexity index is 1300. The third kappa shape index (κ3) is 3.48. The Labute approximate surface area is 186 Å². The molecule has 1 fully saturated rings. The first kappa shape index (κ1) is 20.8. The molecule has 166 valence electrons. The molecule has 1 aromatic heterocycles. The number of hydrogen-bond acceptors (Lipinski definition) is 6. The minimum Gasteiger partial charge on any atom is -0.493 e. The van der Waals surface area contributed by atoms with Crippen LogP contribution in [0.4, 0.5) is 0 Å². The summed E-state index contributed by atoms with van der Waals surface area (Å²) in [5, 5.41) is 0.472. The summed E-state index contributed by atoms with van der Waals surface area (Å²) in [6.07, 6.45) is 5.25. The van der Waals surface area contributed by atoms with Crippen molar-refractivity contribution in [2.24, 2.45) is 0 Å². The number of ether oxygens (including phenoxy) is 2. The molecule has 1 aliphatic heterocycles. The van der Waals surface area contributed by atoms with Gasteiger partial charge in [0.05, 0.1) is 30.0 Å². The van der Waals surface area contributed by atoms with Crippen molar-refractivity contribution >= 4 is 26.8 Å². The van der Waals surface area contributed by atoms with E-state index in [2.05, 4.69) is 9.71 Å².